The highest BCUT2D eigenvalue weighted by molar-refractivity contribution is 7.86. The zero-order valence-corrected chi connectivity index (χ0v) is 14.0. The van der Waals surface area contributed by atoms with Crippen molar-refractivity contribution in [3.05, 3.63) is 0 Å². The van der Waals surface area contributed by atoms with E-state index >= 15 is 0 Å². The standard InChI is InChI=1S/C12H22O13S/c13-1-3-5(15)10(26(20,21)22)8(18)12(24-3)25-9-4(2-14)23-11(19)7(17)6(9)16/h3-19H,1-2H2,(H,20,21,22)/t3-,4-,5+,6-,7-,8-,9+,10+,11-,12+/m1/s1. The van der Waals surface area contributed by atoms with Crippen molar-refractivity contribution >= 4 is 10.1 Å². The molecule has 0 spiro atoms. The predicted molar refractivity (Wildman–Crippen MR) is 77.9 cm³/mol. The summed E-state index contributed by atoms with van der Waals surface area (Å²) in [5.41, 5.74) is 0. The number of hydrogen-bond donors (Lipinski definition) is 8. The summed E-state index contributed by atoms with van der Waals surface area (Å²) in [5, 5.41) is 65.3. The first-order chi connectivity index (χ1) is 12.0. The van der Waals surface area contributed by atoms with Gasteiger partial charge in [0.1, 0.15) is 48.0 Å². The van der Waals surface area contributed by atoms with Crippen molar-refractivity contribution in [2.45, 2.75) is 60.6 Å². The molecule has 0 aliphatic carbocycles. The van der Waals surface area contributed by atoms with Gasteiger partial charge in [0.05, 0.1) is 13.2 Å². The van der Waals surface area contributed by atoms with Gasteiger partial charge in [0.2, 0.25) is 0 Å². The molecule has 10 atom stereocenters. The van der Waals surface area contributed by atoms with Gasteiger partial charge < -0.3 is 50.0 Å². The van der Waals surface area contributed by atoms with E-state index in [1.54, 1.807) is 0 Å². The second-order valence-corrected chi connectivity index (χ2v) is 7.59. The van der Waals surface area contributed by atoms with Crippen LogP contribution in [0.1, 0.15) is 0 Å². The molecule has 2 saturated heterocycles. The molecule has 26 heavy (non-hydrogen) atoms. The maximum Gasteiger partial charge on any atom is 0.273 e. The Bertz CT molecular complexity index is 567. The van der Waals surface area contributed by atoms with Gasteiger partial charge in [-0.1, -0.05) is 0 Å². The SMILES string of the molecule is O=S(=O)(O)[C@H]1[C@@H](O)[C@@H](CO)O[C@@H](O[C@@H]2[C@H](O)[C@@H](O)[C@H](O)O[C@@H]2CO)[C@@H]1O. The van der Waals surface area contributed by atoms with E-state index in [0.717, 1.165) is 0 Å². The molecule has 0 aromatic rings. The van der Waals surface area contributed by atoms with Crippen LogP contribution < -0.4 is 0 Å². The maximum absolute atomic E-state index is 11.4. The highest BCUT2D eigenvalue weighted by Gasteiger charge is 2.53. The van der Waals surface area contributed by atoms with Crippen LogP contribution >= 0.6 is 0 Å². The lowest BCUT2D eigenvalue weighted by Crippen LogP contribution is -2.65. The first-order valence-corrected chi connectivity index (χ1v) is 9.08. The molecule has 0 amide bonds. The lowest BCUT2D eigenvalue weighted by atomic mass is 9.98. The van der Waals surface area contributed by atoms with Gasteiger partial charge in [-0.3, -0.25) is 4.55 Å². The lowest BCUT2D eigenvalue weighted by Gasteiger charge is -2.45. The first kappa shape index (κ1) is 21.8. The molecule has 8 N–H and O–H groups in total. The Morgan fingerprint density at radius 3 is 1.88 bits per heavy atom. The highest BCUT2D eigenvalue weighted by atomic mass is 32.2. The van der Waals surface area contributed by atoms with Gasteiger partial charge in [0.25, 0.3) is 10.1 Å². The van der Waals surface area contributed by atoms with E-state index in [1.165, 1.54) is 0 Å². The van der Waals surface area contributed by atoms with Crippen LogP contribution in [0, 0.1) is 0 Å². The molecule has 2 fully saturated rings. The third kappa shape index (κ3) is 4.16. The molecule has 2 heterocycles. The van der Waals surface area contributed by atoms with Crippen LogP contribution in [0.15, 0.2) is 0 Å². The molecule has 2 rings (SSSR count). The average molecular weight is 406 g/mol. The minimum atomic E-state index is -5.00. The van der Waals surface area contributed by atoms with Crippen LogP contribution in [0.4, 0.5) is 0 Å². The zero-order chi connectivity index (χ0) is 19.8. The largest absolute Gasteiger partial charge is 0.394 e. The number of ether oxygens (including phenoxy) is 3. The van der Waals surface area contributed by atoms with Crippen molar-refractivity contribution < 1.29 is 62.9 Å². The fourth-order valence-electron chi connectivity index (χ4n) is 2.91. The predicted octanol–water partition coefficient (Wildman–Crippen LogP) is -5.50. The van der Waals surface area contributed by atoms with E-state index in [4.69, 9.17) is 14.2 Å². The quantitative estimate of drug-likeness (QED) is 0.200. The first-order valence-electron chi connectivity index (χ1n) is 7.57. The Balaban J connectivity index is 2.25. The molecule has 2 aliphatic rings. The van der Waals surface area contributed by atoms with Gasteiger partial charge in [-0.25, -0.2) is 0 Å². The molecule has 0 saturated carbocycles. The fraction of sp³-hybridized carbons (Fsp3) is 1.00. The zero-order valence-electron chi connectivity index (χ0n) is 13.2. The van der Waals surface area contributed by atoms with Crippen molar-refractivity contribution in [1.29, 1.82) is 0 Å². The summed E-state index contributed by atoms with van der Waals surface area (Å²) in [6.07, 6.45) is -16.1. The Morgan fingerprint density at radius 2 is 1.38 bits per heavy atom. The minimum Gasteiger partial charge on any atom is -0.394 e. The van der Waals surface area contributed by atoms with Crippen molar-refractivity contribution in [2.75, 3.05) is 13.2 Å². The molecule has 0 aromatic carbocycles. The van der Waals surface area contributed by atoms with Gasteiger partial charge in [0.15, 0.2) is 12.6 Å². The second kappa shape index (κ2) is 8.26. The van der Waals surface area contributed by atoms with Crippen LogP contribution in [0.3, 0.4) is 0 Å². The molecular weight excluding hydrogens is 384 g/mol. The van der Waals surface area contributed by atoms with Gasteiger partial charge >= 0.3 is 0 Å². The second-order valence-electron chi connectivity index (χ2n) is 6.02. The summed E-state index contributed by atoms with van der Waals surface area (Å²) in [6.45, 7) is -1.68. The van der Waals surface area contributed by atoms with Crippen LogP contribution in [-0.2, 0) is 24.3 Å². The Morgan fingerprint density at radius 1 is 0.808 bits per heavy atom. The molecule has 0 unspecified atom stereocenters. The molecule has 0 aromatic heterocycles. The number of aliphatic hydroxyl groups excluding tert-OH is 7. The molecule has 13 nitrogen and oxygen atoms in total. The van der Waals surface area contributed by atoms with E-state index < -0.39 is 83.9 Å². The summed E-state index contributed by atoms with van der Waals surface area (Å²) >= 11 is 0. The number of rotatable bonds is 5. The Kier molecular flexibility index (Phi) is 6.92. The van der Waals surface area contributed by atoms with Crippen LogP contribution in [0.25, 0.3) is 0 Å². The van der Waals surface area contributed by atoms with E-state index in [2.05, 4.69) is 0 Å². The molecule has 2 aliphatic heterocycles. The normalized spacial score (nSPS) is 47.7. The smallest absolute Gasteiger partial charge is 0.273 e. The van der Waals surface area contributed by atoms with Gasteiger partial charge in [-0.2, -0.15) is 8.42 Å². The molecule has 154 valence electrons. The third-order valence-electron chi connectivity index (χ3n) is 4.30. The summed E-state index contributed by atoms with van der Waals surface area (Å²) < 4.78 is 47.2. The minimum absolute atomic E-state index is 0.790. The maximum atomic E-state index is 11.4. The summed E-state index contributed by atoms with van der Waals surface area (Å²) in [5.74, 6) is 0. The number of hydrogen-bond acceptors (Lipinski definition) is 12. The van der Waals surface area contributed by atoms with Crippen molar-refractivity contribution in [3.8, 4) is 0 Å². The van der Waals surface area contributed by atoms with Crippen molar-refractivity contribution in [1.82, 2.24) is 0 Å². The summed E-state index contributed by atoms with van der Waals surface area (Å²) in [4.78, 5) is 0. The van der Waals surface area contributed by atoms with Crippen molar-refractivity contribution in [3.63, 3.8) is 0 Å². The topological polar surface area (TPSA) is 224 Å². The van der Waals surface area contributed by atoms with E-state index in [0.29, 0.717) is 0 Å². The molecule has 0 radical (unpaired) electrons. The molecular formula is C12H22O13S. The monoisotopic (exact) mass is 406 g/mol. The summed E-state index contributed by atoms with van der Waals surface area (Å²) in [7, 11) is -5.00. The van der Waals surface area contributed by atoms with E-state index in [1.807, 2.05) is 0 Å². The fourth-order valence-corrected chi connectivity index (χ4v) is 3.92. The molecule has 14 heteroatoms. The van der Waals surface area contributed by atoms with Crippen molar-refractivity contribution in [2.24, 2.45) is 0 Å². The average Bonchev–Trinajstić information content (AvgIpc) is 2.55. The Labute approximate surface area is 147 Å². The van der Waals surface area contributed by atoms with Gasteiger partial charge in [-0.05, 0) is 0 Å². The van der Waals surface area contributed by atoms with Crippen LogP contribution in [0.5, 0.6) is 0 Å². The van der Waals surface area contributed by atoms with Crippen LogP contribution in [0.2, 0.25) is 0 Å². The summed E-state index contributed by atoms with van der Waals surface area (Å²) in [6, 6.07) is 0. The highest BCUT2D eigenvalue weighted by Crippen LogP contribution is 2.30. The molecule has 0 bridgehead atoms. The lowest BCUT2D eigenvalue weighted by molar-refractivity contribution is -0.343. The third-order valence-corrected chi connectivity index (χ3v) is 5.54. The van der Waals surface area contributed by atoms with Crippen LogP contribution in [-0.4, -0.2) is 122 Å². The van der Waals surface area contributed by atoms with E-state index in [9.17, 15) is 48.7 Å². The Hall–Kier alpha value is -0.490. The number of aliphatic hydroxyl groups is 7. The van der Waals surface area contributed by atoms with Gasteiger partial charge in [0, 0.05) is 0 Å². The van der Waals surface area contributed by atoms with Gasteiger partial charge in [-0.15, -0.1) is 0 Å². The van der Waals surface area contributed by atoms with E-state index in [-0.39, 0.29) is 0 Å².